The minimum atomic E-state index is -4.09. The number of benzene rings is 4. The number of likely N-dealkylation sites (N-methyl/N-ethyl adjacent to an activating group) is 2. The number of urea groups is 1. The number of hydrogen-bond acceptors (Lipinski definition) is 14. The first-order valence-corrected chi connectivity index (χ1v) is 43.4. The number of rotatable bonds is 14. The van der Waals surface area contributed by atoms with Gasteiger partial charge < -0.3 is 52.7 Å². The molecule has 6 aromatic rings. The lowest BCUT2D eigenvalue weighted by Crippen LogP contribution is -2.60. The molecule has 26 heteroatoms. The van der Waals surface area contributed by atoms with Gasteiger partial charge in [0, 0.05) is 172 Å². The number of likely N-dealkylation sites (tertiary alicyclic amines) is 2. The Morgan fingerprint density at radius 3 is 1.36 bits per heavy atom. The van der Waals surface area contributed by atoms with Gasteiger partial charge in [-0.2, -0.15) is 25.4 Å². The highest BCUT2D eigenvalue weighted by molar-refractivity contribution is 7.88. The number of nitrogens with one attached hydrogen (secondary N) is 2. The fourth-order valence-electron chi connectivity index (χ4n) is 21.7. The van der Waals surface area contributed by atoms with Crippen LogP contribution in [0.3, 0.4) is 0 Å². The number of nitrogens with zero attached hydrogens (tertiary/aromatic N) is 10. The first-order chi connectivity index (χ1) is 52.4. The van der Waals surface area contributed by atoms with E-state index in [1.54, 1.807) is 26.4 Å². The quantitative estimate of drug-likeness (QED) is 0.103. The highest BCUT2D eigenvalue weighted by Crippen LogP contribution is 2.69. The predicted molar refractivity (Wildman–Crippen MR) is 417 cm³/mol. The summed E-state index contributed by atoms with van der Waals surface area (Å²) in [6.07, 6.45) is 16.1. The fraction of sp³-hybridized carbons (Fsp3) is 0.602. The standard InChI is InChI=1S/C43H57N7O6S.C40H51N5O6S/c1-5-46(6-2)42(53)47-25-30-13-14-31(26-47)50(30)41(52)43-24-36(43)35-23-32(56-4)15-17-33(35)39-38(28-10-8-7-9-11-28)34-16-12-29(22-37(34)49(39)27-43)40(51)44-57(54,55)48-20-18-45(3)19-21-48;1-24-19-43(20-25(2)51-24)52(48,49)41-38(46)27-10-14-32-35(16-27)44-23-40(39(47)45-28-11-12-29(45)22-42(3)21-28)18-34(40)33-17-30(50-4)13-15-31(33)37(44)36(32)26-8-6-5-7-9-26/h12,15-17,22-23,28,30-31,36H,5-11,13-14,18-21,24-27H2,1-4H3,(H,44,51);10,13-17,24-26,28-29,34H,5-9,11-12,18-23H2,1-4H3,(H,41,46)/t;24-,25+,28?,29?,34?,40?. The topological polar surface area (TPSA) is 241 Å². The lowest BCUT2D eigenvalue weighted by Gasteiger charge is -2.44. The maximum Gasteiger partial charge on any atom is 0.320 e. The molecule has 4 bridgehead atoms. The Labute approximate surface area is 641 Å². The van der Waals surface area contributed by atoms with Crippen molar-refractivity contribution in [2.24, 2.45) is 10.8 Å². The van der Waals surface area contributed by atoms with Crippen LogP contribution in [0.15, 0.2) is 72.8 Å². The molecule has 10 heterocycles. The van der Waals surface area contributed by atoms with Crippen LogP contribution in [0.5, 0.6) is 11.5 Å². The number of aromatic nitrogens is 2. The van der Waals surface area contributed by atoms with Crippen molar-refractivity contribution in [3.63, 3.8) is 0 Å². The molecule has 10 fully saturated rings. The van der Waals surface area contributed by atoms with E-state index in [2.05, 4.69) is 69.5 Å². The highest BCUT2D eigenvalue weighted by Gasteiger charge is 2.67. The molecule has 12 aliphatic rings. The second-order valence-corrected chi connectivity index (χ2v) is 37.3. The van der Waals surface area contributed by atoms with Crippen LogP contribution < -0.4 is 18.9 Å². The van der Waals surface area contributed by atoms with Crippen molar-refractivity contribution in [1.82, 2.24) is 56.6 Å². The first-order valence-electron chi connectivity index (χ1n) is 40.5. The van der Waals surface area contributed by atoms with E-state index in [0.717, 1.165) is 145 Å². The Morgan fingerprint density at radius 1 is 0.514 bits per heavy atom. The van der Waals surface area contributed by atoms with Crippen LogP contribution in [0, 0.1) is 10.8 Å². The van der Waals surface area contributed by atoms with Gasteiger partial charge in [0.15, 0.2) is 0 Å². The maximum atomic E-state index is 15.4. The molecule has 24 nitrogen and oxygen atoms in total. The third kappa shape index (κ3) is 12.9. The number of methoxy groups -OCH3 is 2. The molecule has 10 atom stereocenters. The SMILES string of the molecule is CCN(CC)C(=O)N1CC2CCC(C1)N2C(=O)C12CC1c1cc(OC)ccc1-c1c(C3CCCCC3)c3ccc(C(=O)NS(=O)(=O)N4CCN(C)CC4)cc3n1C2.COc1ccc2c(c1)C1CC1(C(=O)N1C3CCC1CN(C)C3)Cn1c-2c(C2CCCCC2)c2ccc(C(=O)NS(=O)(=O)N3C[C@@H](C)O[C@@H](C)C3)cc21. The van der Waals surface area contributed by atoms with Crippen molar-refractivity contribution in [3.05, 3.63) is 106 Å². The maximum absolute atomic E-state index is 15.4. The second-order valence-electron chi connectivity index (χ2n) is 34.0. The van der Waals surface area contributed by atoms with E-state index in [-0.39, 0.29) is 90.3 Å². The van der Waals surface area contributed by atoms with Crippen LogP contribution in [0.2, 0.25) is 0 Å². The summed E-state index contributed by atoms with van der Waals surface area (Å²) < 4.78 is 83.1. The number of carbonyl (C=O) groups is 5. The number of fused-ring (bicyclic) bond motifs is 18. The molecule has 4 saturated carbocycles. The molecule has 18 rings (SSSR count). The largest absolute Gasteiger partial charge is 0.497 e. The number of amides is 6. The van der Waals surface area contributed by atoms with Gasteiger partial charge in [-0.3, -0.25) is 19.2 Å². The van der Waals surface area contributed by atoms with E-state index in [4.69, 9.17) is 14.2 Å². The van der Waals surface area contributed by atoms with Crippen molar-refractivity contribution in [3.8, 4) is 34.0 Å². The minimum Gasteiger partial charge on any atom is -0.497 e. The van der Waals surface area contributed by atoms with Gasteiger partial charge in [0.05, 0.1) is 48.6 Å². The van der Waals surface area contributed by atoms with E-state index in [9.17, 15) is 31.2 Å². The summed E-state index contributed by atoms with van der Waals surface area (Å²) in [6, 6.07) is 24.4. The second kappa shape index (κ2) is 28.6. The molecule has 2 N–H and O–H groups in total. The number of ether oxygens (including phenoxy) is 3. The van der Waals surface area contributed by atoms with Crippen LogP contribution >= 0.6 is 0 Å². The van der Waals surface area contributed by atoms with Gasteiger partial charge in [0.1, 0.15) is 11.5 Å². The summed E-state index contributed by atoms with van der Waals surface area (Å²) in [4.78, 5) is 84.3. The van der Waals surface area contributed by atoms with Crippen LogP contribution in [0.1, 0.15) is 197 Å². The molecule has 8 aliphatic heterocycles. The normalized spacial score (nSPS) is 28.4. The number of hydrogen-bond donors (Lipinski definition) is 2. The molecule has 6 saturated heterocycles. The molecule has 4 aromatic carbocycles. The summed E-state index contributed by atoms with van der Waals surface area (Å²) in [6.45, 7) is 15.1. The first kappa shape index (κ1) is 74.2. The lowest BCUT2D eigenvalue weighted by atomic mass is 9.81. The Kier molecular flexibility index (Phi) is 19.4. The third-order valence-corrected chi connectivity index (χ3v) is 30.2. The van der Waals surface area contributed by atoms with E-state index in [0.29, 0.717) is 83.7 Å². The molecular formula is C83H108N12O12S2. The van der Waals surface area contributed by atoms with Gasteiger partial charge in [-0.15, -0.1) is 0 Å². The van der Waals surface area contributed by atoms with E-state index < -0.39 is 43.1 Å². The highest BCUT2D eigenvalue weighted by atomic mass is 32.2. The molecule has 0 spiro atoms. The smallest absolute Gasteiger partial charge is 0.320 e. The lowest BCUT2D eigenvalue weighted by molar-refractivity contribution is -0.144. The fourth-order valence-corrected chi connectivity index (χ4v) is 24.1. The van der Waals surface area contributed by atoms with Gasteiger partial charge in [-0.05, 0) is 201 Å². The predicted octanol–water partition coefficient (Wildman–Crippen LogP) is 10.5. The average molecular weight is 1530 g/mol. The Bertz CT molecular complexity index is 4830. The van der Waals surface area contributed by atoms with Crippen LogP contribution in [-0.4, -0.2) is 237 Å². The van der Waals surface area contributed by atoms with Crippen LogP contribution in [-0.2, 0) is 47.8 Å². The van der Waals surface area contributed by atoms with E-state index in [1.165, 1.54) is 51.0 Å². The molecule has 584 valence electrons. The Balaban J connectivity index is 0.000000160. The van der Waals surface area contributed by atoms with Gasteiger partial charge >= 0.3 is 26.4 Å². The average Bonchev–Trinajstić information content (AvgIpc) is 1.52. The molecule has 6 amide bonds. The van der Waals surface area contributed by atoms with Crippen molar-refractivity contribution in [2.45, 2.75) is 204 Å². The van der Waals surface area contributed by atoms with Crippen LogP contribution in [0.25, 0.3) is 44.3 Å². The van der Waals surface area contributed by atoms with Crippen molar-refractivity contribution in [1.29, 1.82) is 0 Å². The molecule has 0 radical (unpaired) electrons. The van der Waals surface area contributed by atoms with Gasteiger partial charge in [-0.1, -0.05) is 50.7 Å². The zero-order valence-corrected chi connectivity index (χ0v) is 66.2. The van der Waals surface area contributed by atoms with Crippen molar-refractivity contribution >= 4 is 71.9 Å². The van der Waals surface area contributed by atoms with Gasteiger partial charge in [0.2, 0.25) is 11.8 Å². The zero-order valence-electron chi connectivity index (χ0n) is 64.6. The molecule has 8 unspecified atom stereocenters. The summed E-state index contributed by atoms with van der Waals surface area (Å²) >= 11 is 0. The number of piperazine rings is 3. The summed E-state index contributed by atoms with van der Waals surface area (Å²) in [5, 5.41) is 2.14. The van der Waals surface area contributed by atoms with Crippen molar-refractivity contribution in [2.75, 3.05) is 107 Å². The van der Waals surface area contributed by atoms with Gasteiger partial charge in [0.25, 0.3) is 11.8 Å². The van der Waals surface area contributed by atoms with Crippen LogP contribution in [0.4, 0.5) is 4.79 Å². The molecule has 109 heavy (non-hydrogen) atoms. The van der Waals surface area contributed by atoms with E-state index >= 15 is 9.59 Å². The summed E-state index contributed by atoms with van der Waals surface area (Å²) in [7, 11) is -0.637. The third-order valence-electron chi connectivity index (χ3n) is 27.3. The minimum absolute atomic E-state index is 0.0146. The summed E-state index contributed by atoms with van der Waals surface area (Å²) in [5.74, 6) is 1.36. The number of morpholine rings is 1. The monoisotopic (exact) mass is 1530 g/mol. The Morgan fingerprint density at radius 2 is 0.936 bits per heavy atom. The number of carbonyl (C=O) groups excluding carboxylic acids is 5. The Hall–Kier alpha value is -7.59. The molecular weight excluding hydrogens is 1420 g/mol. The summed E-state index contributed by atoms with van der Waals surface area (Å²) in [5.41, 5.74) is 10.3. The van der Waals surface area contributed by atoms with Gasteiger partial charge in [-0.25, -0.2) is 14.2 Å². The van der Waals surface area contributed by atoms with E-state index in [1.807, 2.05) is 80.9 Å². The van der Waals surface area contributed by atoms with Crippen molar-refractivity contribution < 1.29 is 55.0 Å². The zero-order chi connectivity index (χ0) is 75.9. The molecule has 2 aromatic heterocycles. The molecule has 4 aliphatic carbocycles.